The Morgan fingerprint density at radius 3 is 2.62 bits per heavy atom. The number of esters is 1. The van der Waals surface area contributed by atoms with Crippen molar-refractivity contribution >= 4 is 5.97 Å². The van der Waals surface area contributed by atoms with E-state index >= 15 is 0 Å². The van der Waals surface area contributed by atoms with Gasteiger partial charge >= 0.3 is 35.5 Å². The van der Waals surface area contributed by atoms with Crippen molar-refractivity contribution in [3.8, 4) is 0 Å². The topological polar surface area (TPSA) is 26.3 Å². The Bertz CT molecular complexity index is 607. The molecule has 0 N–H and O–H groups in total. The predicted octanol–water partition coefficient (Wildman–Crippen LogP) is 2.49. The van der Waals surface area contributed by atoms with Crippen LogP contribution in [-0.4, -0.2) is 12.6 Å². The Morgan fingerprint density at radius 2 is 1.85 bits per heavy atom. The minimum Gasteiger partial charge on any atom is -1.00 e. The molecule has 0 aromatic carbocycles. The van der Waals surface area contributed by atoms with Gasteiger partial charge in [-0.15, -0.1) is 0 Å². The van der Waals surface area contributed by atoms with Crippen molar-refractivity contribution in [1.29, 1.82) is 0 Å². The second-order valence-electron chi connectivity index (χ2n) is 10.4. The smallest absolute Gasteiger partial charge is 1.00 e. The third kappa shape index (κ3) is 2.72. The van der Waals surface area contributed by atoms with Crippen LogP contribution in [0.3, 0.4) is 0 Å². The molecule has 4 aliphatic carbocycles. The van der Waals surface area contributed by atoms with Crippen molar-refractivity contribution < 1.29 is 40.5 Å². The quantitative estimate of drug-likeness (QED) is 0.405. The van der Waals surface area contributed by atoms with Crippen molar-refractivity contribution in [2.75, 3.05) is 6.61 Å². The Labute approximate surface area is 182 Å². The minimum absolute atomic E-state index is 0. The van der Waals surface area contributed by atoms with E-state index in [0.717, 1.165) is 29.6 Å². The van der Waals surface area contributed by atoms with Crippen LogP contribution in [0.5, 0.6) is 0 Å². The summed E-state index contributed by atoms with van der Waals surface area (Å²) in [6, 6.07) is 0. The molecule has 8 atom stereocenters. The average Bonchev–Trinajstić information content (AvgIpc) is 3.16. The number of cyclic esters (lactones) is 1. The normalized spacial score (nSPS) is 52.5. The summed E-state index contributed by atoms with van der Waals surface area (Å²) in [5.41, 5.74) is 0.925. The summed E-state index contributed by atoms with van der Waals surface area (Å²) in [7, 11) is 0. The molecule has 140 valence electrons. The Morgan fingerprint density at radius 1 is 1.04 bits per heavy atom. The number of carbonyl (C=O) groups is 1. The van der Waals surface area contributed by atoms with Gasteiger partial charge in [0, 0.05) is 5.92 Å². The molecule has 26 heavy (non-hydrogen) atoms. The number of allylic oxidation sites excluding steroid dienone is 2. The van der Waals surface area contributed by atoms with Crippen LogP contribution >= 0.6 is 0 Å². The van der Waals surface area contributed by atoms with E-state index < -0.39 is 0 Å². The van der Waals surface area contributed by atoms with Gasteiger partial charge in [0.05, 0.1) is 13.0 Å². The van der Waals surface area contributed by atoms with Gasteiger partial charge in [-0.1, -0.05) is 26.0 Å². The summed E-state index contributed by atoms with van der Waals surface area (Å²) < 4.78 is 5.35. The maximum Gasteiger partial charge on any atom is 1.00 e. The molecular formula is C23H35NaO2. The first-order valence-corrected chi connectivity index (χ1v) is 10.9. The zero-order chi connectivity index (χ0) is 17.2. The Hall–Kier alpha value is 0.210. The van der Waals surface area contributed by atoms with Gasteiger partial charge in [0.1, 0.15) is 0 Å². The number of fused-ring (bicyclic) bond motifs is 5. The van der Waals surface area contributed by atoms with Gasteiger partial charge in [0.2, 0.25) is 0 Å². The zero-order valence-corrected chi connectivity index (χ0v) is 19.0. The third-order valence-corrected chi connectivity index (χ3v) is 9.65. The molecule has 0 amide bonds. The number of carbonyl (C=O) groups excluding carboxylic acids is 1. The van der Waals surface area contributed by atoms with E-state index in [1.165, 1.54) is 51.4 Å². The molecule has 4 fully saturated rings. The van der Waals surface area contributed by atoms with Crippen LogP contribution in [0.25, 0.3) is 0 Å². The predicted molar refractivity (Wildman–Crippen MR) is 99.9 cm³/mol. The van der Waals surface area contributed by atoms with Crippen LogP contribution in [0.2, 0.25) is 0 Å². The molecule has 3 heteroatoms. The van der Waals surface area contributed by atoms with Crippen molar-refractivity contribution in [1.82, 2.24) is 0 Å². The monoisotopic (exact) mass is 366 g/mol. The average molecular weight is 367 g/mol. The van der Waals surface area contributed by atoms with E-state index in [1.54, 1.807) is 0 Å². The maximum atomic E-state index is 11.7. The first-order chi connectivity index (χ1) is 12.0. The Kier molecular flexibility index (Phi) is 5.20. The van der Waals surface area contributed by atoms with E-state index in [0.29, 0.717) is 29.8 Å². The van der Waals surface area contributed by atoms with Crippen LogP contribution in [0.1, 0.15) is 73.1 Å². The fourth-order valence-electron chi connectivity index (χ4n) is 8.42. The van der Waals surface area contributed by atoms with Crippen molar-refractivity contribution in [2.24, 2.45) is 46.3 Å². The summed E-state index contributed by atoms with van der Waals surface area (Å²) in [5.74, 6) is 4.91. The number of hydrogen-bond acceptors (Lipinski definition) is 2. The van der Waals surface area contributed by atoms with E-state index in [2.05, 4.69) is 26.0 Å². The molecule has 1 unspecified atom stereocenters. The molecule has 1 saturated heterocycles. The fourth-order valence-corrected chi connectivity index (χ4v) is 8.42. The van der Waals surface area contributed by atoms with Crippen LogP contribution in [0.15, 0.2) is 12.2 Å². The molecule has 5 aliphatic rings. The van der Waals surface area contributed by atoms with Gasteiger partial charge in [-0.2, -0.15) is 0 Å². The van der Waals surface area contributed by atoms with Gasteiger partial charge in [-0.25, -0.2) is 0 Å². The van der Waals surface area contributed by atoms with Crippen LogP contribution < -0.4 is 29.6 Å². The van der Waals surface area contributed by atoms with Gasteiger partial charge in [0.25, 0.3) is 0 Å². The van der Waals surface area contributed by atoms with Crippen LogP contribution in [0.4, 0.5) is 0 Å². The van der Waals surface area contributed by atoms with E-state index in [4.69, 9.17) is 4.74 Å². The molecule has 5 rings (SSSR count). The molecule has 0 bridgehead atoms. The summed E-state index contributed by atoms with van der Waals surface area (Å²) in [6.45, 7) is 5.87. The molecule has 0 aromatic rings. The standard InChI is InChI=1S/C23H34O2.Na.H/c1-22-11-4-3-5-16(22)6-7-17-19-9-8-18(15-13-21(24)25-14-15)23(19,2)12-10-20(17)22;;/h4,11,15-20H,3,5-10,12-14H2,1-2H3;;/q;+1;-1/t15-,16?,17-,18+,19+,20-,22-,23+;;/m0../s1. The number of rotatable bonds is 1. The molecule has 1 heterocycles. The van der Waals surface area contributed by atoms with Gasteiger partial charge in [0.15, 0.2) is 0 Å². The first-order valence-electron chi connectivity index (χ1n) is 10.9. The molecular weight excluding hydrogens is 331 g/mol. The second-order valence-corrected chi connectivity index (χ2v) is 10.4. The molecule has 3 saturated carbocycles. The summed E-state index contributed by atoms with van der Waals surface area (Å²) in [5, 5.41) is 0. The first kappa shape index (κ1) is 19.5. The molecule has 0 radical (unpaired) electrons. The van der Waals surface area contributed by atoms with Gasteiger partial charge in [-0.3, -0.25) is 4.79 Å². The van der Waals surface area contributed by atoms with Crippen molar-refractivity contribution in [3.05, 3.63) is 12.2 Å². The van der Waals surface area contributed by atoms with Gasteiger partial charge in [-0.05, 0) is 91.8 Å². The molecule has 1 aliphatic heterocycles. The molecule has 0 spiro atoms. The SMILES string of the molecule is C[C@]12CC[C@H]3[C@@H](CCC4CCC=C[C@@]43C)[C@H]1CC[C@@H]2[C@@H]1COC(=O)C1.[H-].[Na+]. The number of hydrogen-bond donors (Lipinski definition) is 0. The fraction of sp³-hybridized carbons (Fsp3) is 0.870. The summed E-state index contributed by atoms with van der Waals surface area (Å²) >= 11 is 0. The van der Waals surface area contributed by atoms with E-state index in [1.807, 2.05) is 0 Å². The Balaban J connectivity index is 0.00000105. The van der Waals surface area contributed by atoms with Gasteiger partial charge < -0.3 is 6.16 Å². The zero-order valence-electron chi connectivity index (χ0n) is 18.0. The van der Waals surface area contributed by atoms with Crippen LogP contribution in [0, 0.1) is 46.3 Å². The second kappa shape index (κ2) is 6.92. The van der Waals surface area contributed by atoms with Crippen LogP contribution in [-0.2, 0) is 9.53 Å². The van der Waals surface area contributed by atoms with Crippen molar-refractivity contribution in [3.63, 3.8) is 0 Å². The largest absolute Gasteiger partial charge is 1.00 e. The third-order valence-electron chi connectivity index (χ3n) is 9.65. The van der Waals surface area contributed by atoms with E-state index in [-0.39, 0.29) is 37.0 Å². The molecule has 2 nitrogen and oxygen atoms in total. The number of ether oxygens (including phenoxy) is 1. The van der Waals surface area contributed by atoms with E-state index in [9.17, 15) is 4.79 Å². The molecule has 0 aromatic heterocycles. The minimum atomic E-state index is 0. The summed E-state index contributed by atoms with van der Waals surface area (Å²) in [6.07, 6.45) is 16.9. The maximum absolute atomic E-state index is 11.7. The summed E-state index contributed by atoms with van der Waals surface area (Å²) in [4.78, 5) is 11.7. The van der Waals surface area contributed by atoms with Crippen molar-refractivity contribution in [2.45, 2.75) is 71.6 Å².